The minimum Gasteiger partial charge on any atom is -0.497 e. The van der Waals surface area contributed by atoms with Crippen molar-refractivity contribution in [3.63, 3.8) is 0 Å². The van der Waals surface area contributed by atoms with Gasteiger partial charge in [0.2, 0.25) is 0 Å². The van der Waals surface area contributed by atoms with Crippen LogP contribution in [0.25, 0.3) is 0 Å². The van der Waals surface area contributed by atoms with Crippen LogP contribution in [0.4, 0.5) is 0 Å². The normalized spacial score (nSPS) is 12.2. The second kappa shape index (κ2) is 5.23. The van der Waals surface area contributed by atoms with E-state index in [0.29, 0.717) is 0 Å². The fraction of sp³-hybridized carbons (Fsp3) is 0.250. The molecular weight excluding hydrogens is 222 g/mol. The second-order valence-corrected chi connectivity index (χ2v) is 4.56. The molecule has 2 aromatic rings. The van der Waals surface area contributed by atoms with Crippen molar-refractivity contribution in [2.45, 2.75) is 19.9 Å². The molecule has 0 aliphatic heterocycles. The molecule has 0 saturated heterocycles. The van der Waals surface area contributed by atoms with Gasteiger partial charge in [0, 0.05) is 0 Å². The van der Waals surface area contributed by atoms with Gasteiger partial charge in [0.05, 0.1) is 13.2 Å². The van der Waals surface area contributed by atoms with E-state index < -0.39 is 0 Å². The average molecular weight is 241 g/mol. The molecule has 0 bridgehead atoms. The molecule has 2 rings (SSSR count). The average Bonchev–Trinajstić information content (AvgIpc) is 2.38. The maximum absolute atomic E-state index is 6.37. The van der Waals surface area contributed by atoms with Gasteiger partial charge in [0.15, 0.2) is 0 Å². The van der Waals surface area contributed by atoms with Crippen molar-refractivity contribution in [2.75, 3.05) is 7.11 Å². The smallest absolute Gasteiger partial charge is 0.118 e. The summed E-state index contributed by atoms with van der Waals surface area (Å²) in [5.74, 6) is 0.854. The molecule has 2 heteroatoms. The molecule has 0 spiro atoms. The van der Waals surface area contributed by atoms with Gasteiger partial charge in [-0.3, -0.25) is 0 Å². The summed E-state index contributed by atoms with van der Waals surface area (Å²) in [5.41, 5.74) is 11.2. The summed E-state index contributed by atoms with van der Waals surface area (Å²) in [6.45, 7) is 4.21. The van der Waals surface area contributed by atoms with Crippen molar-refractivity contribution in [3.8, 4) is 5.75 Å². The molecule has 0 aliphatic rings. The summed E-state index contributed by atoms with van der Waals surface area (Å²) < 4.78 is 5.16. The van der Waals surface area contributed by atoms with Crippen LogP contribution < -0.4 is 10.5 Å². The molecule has 0 amide bonds. The fourth-order valence-electron chi connectivity index (χ4n) is 2.30. The summed E-state index contributed by atoms with van der Waals surface area (Å²) in [6, 6.07) is 14.1. The minimum absolute atomic E-state index is 0.0860. The zero-order valence-corrected chi connectivity index (χ0v) is 11.1. The molecule has 0 aliphatic carbocycles. The lowest BCUT2D eigenvalue weighted by Crippen LogP contribution is -2.14. The Morgan fingerprint density at radius 3 is 2.00 bits per heavy atom. The third-order valence-corrected chi connectivity index (χ3v) is 3.33. The van der Waals surface area contributed by atoms with Gasteiger partial charge in [-0.2, -0.15) is 0 Å². The monoisotopic (exact) mass is 241 g/mol. The van der Waals surface area contributed by atoms with Crippen LogP contribution >= 0.6 is 0 Å². The second-order valence-electron chi connectivity index (χ2n) is 4.56. The number of ether oxygens (including phenoxy) is 1. The van der Waals surface area contributed by atoms with Crippen LogP contribution in [0.3, 0.4) is 0 Å². The van der Waals surface area contributed by atoms with Crippen molar-refractivity contribution >= 4 is 0 Å². The molecule has 18 heavy (non-hydrogen) atoms. The van der Waals surface area contributed by atoms with Crippen molar-refractivity contribution in [2.24, 2.45) is 5.73 Å². The van der Waals surface area contributed by atoms with E-state index in [9.17, 15) is 0 Å². The maximum atomic E-state index is 6.37. The molecule has 0 heterocycles. The van der Waals surface area contributed by atoms with Gasteiger partial charge >= 0.3 is 0 Å². The van der Waals surface area contributed by atoms with Crippen LogP contribution in [0.1, 0.15) is 28.3 Å². The Hall–Kier alpha value is -1.80. The van der Waals surface area contributed by atoms with Crippen molar-refractivity contribution in [1.82, 2.24) is 0 Å². The largest absolute Gasteiger partial charge is 0.497 e. The molecule has 2 nitrogen and oxygen atoms in total. The van der Waals surface area contributed by atoms with Gasteiger partial charge in [-0.15, -0.1) is 0 Å². The van der Waals surface area contributed by atoms with Gasteiger partial charge in [-0.25, -0.2) is 0 Å². The van der Waals surface area contributed by atoms with Crippen molar-refractivity contribution in [1.29, 1.82) is 0 Å². The number of aryl methyl sites for hydroxylation is 2. The third kappa shape index (κ3) is 2.39. The van der Waals surface area contributed by atoms with Gasteiger partial charge < -0.3 is 10.5 Å². The van der Waals surface area contributed by atoms with E-state index in [-0.39, 0.29) is 6.04 Å². The Balaban J connectivity index is 2.38. The Kier molecular flexibility index (Phi) is 3.68. The lowest BCUT2D eigenvalue weighted by molar-refractivity contribution is 0.414. The first-order valence-corrected chi connectivity index (χ1v) is 6.09. The first-order valence-electron chi connectivity index (χ1n) is 6.09. The van der Waals surface area contributed by atoms with Gasteiger partial charge in [0.1, 0.15) is 5.75 Å². The molecule has 0 saturated carbocycles. The first kappa shape index (κ1) is 12.7. The summed E-state index contributed by atoms with van der Waals surface area (Å²) in [7, 11) is 1.67. The van der Waals surface area contributed by atoms with Crippen LogP contribution in [0, 0.1) is 13.8 Å². The van der Waals surface area contributed by atoms with E-state index in [1.54, 1.807) is 7.11 Å². The van der Waals surface area contributed by atoms with Crippen LogP contribution in [-0.4, -0.2) is 7.11 Å². The molecule has 2 N–H and O–H groups in total. The van der Waals surface area contributed by atoms with Gasteiger partial charge in [-0.1, -0.05) is 30.3 Å². The molecule has 1 atom stereocenters. The fourth-order valence-corrected chi connectivity index (χ4v) is 2.30. The van der Waals surface area contributed by atoms with Crippen molar-refractivity contribution in [3.05, 3.63) is 64.7 Å². The predicted octanol–water partition coefficient (Wildman–Crippen LogP) is 3.36. The lowest BCUT2D eigenvalue weighted by Gasteiger charge is -2.18. The molecule has 2 aromatic carbocycles. The van der Waals surface area contributed by atoms with Gasteiger partial charge in [0.25, 0.3) is 0 Å². The summed E-state index contributed by atoms with van der Waals surface area (Å²) in [4.78, 5) is 0. The number of methoxy groups -OCH3 is 1. The highest BCUT2D eigenvalue weighted by molar-refractivity contribution is 5.42. The van der Waals surface area contributed by atoms with Crippen LogP contribution in [0.15, 0.2) is 42.5 Å². The molecule has 0 aromatic heterocycles. The predicted molar refractivity (Wildman–Crippen MR) is 74.9 cm³/mol. The summed E-state index contributed by atoms with van der Waals surface area (Å²) >= 11 is 0. The van der Waals surface area contributed by atoms with E-state index in [1.165, 1.54) is 16.7 Å². The SMILES string of the molecule is COc1ccc(C(N)c2c(C)cccc2C)cc1. The Labute approximate surface area is 108 Å². The summed E-state index contributed by atoms with van der Waals surface area (Å²) in [6.07, 6.45) is 0. The van der Waals surface area contributed by atoms with E-state index in [1.807, 2.05) is 24.3 Å². The number of benzene rings is 2. The maximum Gasteiger partial charge on any atom is 0.118 e. The quantitative estimate of drug-likeness (QED) is 0.894. The van der Waals surface area contributed by atoms with Crippen molar-refractivity contribution < 1.29 is 4.74 Å². The minimum atomic E-state index is -0.0860. The molecule has 94 valence electrons. The summed E-state index contributed by atoms with van der Waals surface area (Å²) in [5, 5.41) is 0. The van der Waals surface area contributed by atoms with E-state index in [2.05, 4.69) is 32.0 Å². The first-order chi connectivity index (χ1) is 8.63. The molecular formula is C16H19NO. The van der Waals surface area contributed by atoms with E-state index >= 15 is 0 Å². The molecule has 1 unspecified atom stereocenters. The van der Waals surface area contributed by atoms with Crippen LogP contribution in [0.2, 0.25) is 0 Å². The number of hydrogen-bond acceptors (Lipinski definition) is 2. The third-order valence-electron chi connectivity index (χ3n) is 3.33. The highest BCUT2D eigenvalue weighted by Crippen LogP contribution is 2.26. The van der Waals surface area contributed by atoms with E-state index in [0.717, 1.165) is 11.3 Å². The number of rotatable bonds is 3. The highest BCUT2D eigenvalue weighted by Gasteiger charge is 2.13. The van der Waals surface area contributed by atoms with Gasteiger partial charge in [-0.05, 0) is 48.2 Å². The van der Waals surface area contributed by atoms with Crippen LogP contribution in [-0.2, 0) is 0 Å². The molecule has 0 fully saturated rings. The zero-order chi connectivity index (χ0) is 13.1. The zero-order valence-electron chi connectivity index (χ0n) is 11.1. The van der Waals surface area contributed by atoms with Crippen LogP contribution in [0.5, 0.6) is 5.75 Å². The lowest BCUT2D eigenvalue weighted by atomic mass is 9.92. The number of nitrogens with two attached hydrogens (primary N) is 1. The van der Waals surface area contributed by atoms with E-state index in [4.69, 9.17) is 10.5 Å². The molecule has 0 radical (unpaired) electrons. The Morgan fingerprint density at radius 1 is 0.944 bits per heavy atom. The Bertz CT molecular complexity index is 511. The Morgan fingerprint density at radius 2 is 1.50 bits per heavy atom. The topological polar surface area (TPSA) is 35.2 Å². The standard InChI is InChI=1S/C16H19NO/c1-11-5-4-6-12(2)15(11)16(17)13-7-9-14(18-3)10-8-13/h4-10,16H,17H2,1-3H3. The highest BCUT2D eigenvalue weighted by atomic mass is 16.5. The number of hydrogen-bond donors (Lipinski definition) is 1.